The molecule has 1 nitrogen and oxygen atoms in total. The third-order valence-electron chi connectivity index (χ3n) is 1.43. The van der Waals surface area contributed by atoms with Crippen molar-refractivity contribution in [2.45, 2.75) is 27.2 Å². The summed E-state index contributed by atoms with van der Waals surface area (Å²) in [6.45, 7) is 5.92. The molecule has 0 saturated carbocycles. The lowest BCUT2D eigenvalue weighted by atomic mass is 10.1. The Hall–Kier alpha value is -0.850. The zero-order chi connectivity index (χ0) is 7.98. The van der Waals surface area contributed by atoms with Gasteiger partial charge < -0.3 is 0 Å². The van der Waals surface area contributed by atoms with E-state index in [0.29, 0.717) is 0 Å². The van der Waals surface area contributed by atoms with E-state index in [-0.39, 0.29) is 0 Å². The van der Waals surface area contributed by atoms with E-state index in [1.807, 2.05) is 32.9 Å². The highest BCUT2D eigenvalue weighted by molar-refractivity contribution is 5.73. The summed E-state index contributed by atoms with van der Waals surface area (Å²) in [5.74, 6) is 0. The first-order valence-corrected chi connectivity index (χ1v) is 3.53. The lowest BCUT2D eigenvalue weighted by Crippen LogP contribution is -1.81. The van der Waals surface area contributed by atoms with Crippen molar-refractivity contribution in [3.63, 3.8) is 0 Å². The Morgan fingerprint density at radius 1 is 1.50 bits per heavy atom. The summed E-state index contributed by atoms with van der Waals surface area (Å²) in [5.41, 5.74) is 2.00. The van der Waals surface area contributed by atoms with Crippen LogP contribution >= 0.6 is 0 Å². The van der Waals surface area contributed by atoms with Crippen LogP contribution in [-0.2, 0) is 4.79 Å². The Balaban J connectivity index is 4.24. The van der Waals surface area contributed by atoms with E-state index >= 15 is 0 Å². The fourth-order valence-corrected chi connectivity index (χ4v) is 0.595. The maximum absolute atomic E-state index is 10.3. The predicted octanol–water partition coefficient (Wildman–Crippen LogP) is 2.49. The molecular weight excluding hydrogens is 124 g/mol. The first kappa shape index (κ1) is 9.15. The van der Waals surface area contributed by atoms with Crippen LogP contribution < -0.4 is 0 Å². The summed E-state index contributed by atoms with van der Waals surface area (Å²) in [4.78, 5) is 10.3. The highest BCUT2D eigenvalue weighted by atomic mass is 16.1. The molecule has 1 heteroatoms. The topological polar surface area (TPSA) is 17.1 Å². The number of allylic oxidation sites excluding steroid dienone is 4. The molecule has 0 radical (unpaired) electrons. The van der Waals surface area contributed by atoms with E-state index in [2.05, 4.69) is 0 Å². The van der Waals surface area contributed by atoms with Gasteiger partial charge in [0.05, 0.1) is 0 Å². The Morgan fingerprint density at radius 3 is 2.40 bits per heavy atom. The number of carbonyl (C=O) groups excluding carboxylic acids is 1. The summed E-state index contributed by atoms with van der Waals surface area (Å²) in [6.07, 6.45) is 5.62. The third-order valence-corrected chi connectivity index (χ3v) is 1.43. The van der Waals surface area contributed by atoms with Gasteiger partial charge in [-0.15, -0.1) is 0 Å². The van der Waals surface area contributed by atoms with Crippen LogP contribution in [0.4, 0.5) is 0 Å². The van der Waals surface area contributed by atoms with Gasteiger partial charge in [-0.05, 0) is 25.8 Å². The van der Waals surface area contributed by atoms with Gasteiger partial charge in [0.15, 0.2) is 0 Å². The molecule has 0 aromatic heterocycles. The van der Waals surface area contributed by atoms with Crippen LogP contribution in [-0.4, -0.2) is 6.29 Å². The van der Waals surface area contributed by atoms with E-state index in [1.54, 1.807) is 0 Å². The second-order valence-electron chi connectivity index (χ2n) is 2.22. The second-order valence-corrected chi connectivity index (χ2v) is 2.22. The molecule has 0 rings (SSSR count). The highest BCUT2D eigenvalue weighted by Gasteiger charge is 1.88. The molecule has 0 atom stereocenters. The molecule has 0 aromatic rings. The molecular formula is C9H14O. The first-order chi connectivity index (χ1) is 4.74. The van der Waals surface area contributed by atoms with Crippen molar-refractivity contribution in [1.29, 1.82) is 0 Å². The van der Waals surface area contributed by atoms with E-state index in [1.165, 1.54) is 0 Å². The minimum atomic E-state index is 0.814. The molecule has 0 aliphatic heterocycles. The number of rotatable bonds is 3. The molecule has 10 heavy (non-hydrogen) atoms. The molecule has 0 N–H and O–H groups in total. The van der Waals surface area contributed by atoms with Crippen molar-refractivity contribution in [3.8, 4) is 0 Å². The Bertz CT molecular complexity index is 164. The fourth-order valence-electron chi connectivity index (χ4n) is 0.595. The van der Waals surface area contributed by atoms with Crippen LogP contribution in [0.15, 0.2) is 23.3 Å². The van der Waals surface area contributed by atoms with Crippen LogP contribution in [0, 0.1) is 0 Å². The molecule has 56 valence electrons. The van der Waals surface area contributed by atoms with Crippen molar-refractivity contribution in [1.82, 2.24) is 0 Å². The third kappa shape index (κ3) is 3.23. The monoisotopic (exact) mass is 138 g/mol. The van der Waals surface area contributed by atoms with Crippen LogP contribution in [0.3, 0.4) is 0 Å². The van der Waals surface area contributed by atoms with Crippen LogP contribution in [0.1, 0.15) is 27.2 Å². The van der Waals surface area contributed by atoms with Gasteiger partial charge >= 0.3 is 0 Å². The Morgan fingerprint density at radius 2 is 2.10 bits per heavy atom. The Kier molecular flexibility index (Phi) is 4.55. The molecule has 0 amide bonds. The minimum absolute atomic E-state index is 0.814. The van der Waals surface area contributed by atoms with Crippen molar-refractivity contribution in [3.05, 3.63) is 23.3 Å². The van der Waals surface area contributed by atoms with E-state index in [0.717, 1.165) is 23.9 Å². The maximum Gasteiger partial charge on any atom is 0.146 e. The largest absolute Gasteiger partial charge is 0.298 e. The Labute approximate surface area is 62.4 Å². The van der Waals surface area contributed by atoms with Gasteiger partial charge in [-0.3, -0.25) is 4.79 Å². The summed E-state index contributed by atoms with van der Waals surface area (Å²) < 4.78 is 0. The number of hydrogen-bond acceptors (Lipinski definition) is 1. The molecule has 0 bridgehead atoms. The molecule has 0 heterocycles. The van der Waals surface area contributed by atoms with Crippen LogP contribution in [0.25, 0.3) is 0 Å². The molecule has 0 aliphatic carbocycles. The van der Waals surface area contributed by atoms with Crippen LogP contribution in [0.2, 0.25) is 0 Å². The quantitative estimate of drug-likeness (QED) is 0.332. The minimum Gasteiger partial charge on any atom is -0.298 e. The fraction of sp³-hybridized carbons (Fsp3) is 0.444. The van der Waals surface area contributed by atoms with E-state index in [9.17, 15) is 4.79 Å². The molecule has 0 fully saturated rings. The SMILES string of the molecule is C/C=C(C)/C=C(\C=O)CC. The number of carbonyl (C=O) groups is 1. The highest BCUT2D eigenvalue weighted by Crippen LogP contribution is 2.02. The second kappa shape index (κ2) is 4.98. The van der Waals surface area contributed by atoms with E-state index < -0.39 is 0 Å². The molecule has 0 unspecified atom stereocenters. The van der Waals surface area contributed by atoms with Crippen molar-refractivity contribution in [2.75, 3.05) is 0 Å². The van der Waals surface area contributed by atoms with Gasteiger partial charge in [0.1, 0.15) is 6.29 Å². The van der Waals surface area contributed by atoms with Gasteiger partial charge in [-0.2, -0.15) is 0 Å². The average molecular weight is 138 g/mol. The van der Waals surface area contributed by atoms with Gasteiger partial charge in [0.25, 0.3) is 0 Å². The summed E-state index contributed by atoms with van der Waals surface area (Å²) in [7, 11) is 0. The molecule has 0 saturated heterocycles. The zero-order valence-electron chi connectivity index (χ0n) is 6.85. The van der Waals surface area contributed by atoms with Crippen molar-refractivity contribution in [2.24, 2.45) is 0 Å². The first-order valence-electron chi connectivity index (χ1n) is 3.53. The lowest BCUT2D eigenvalue weighted by molar-refractivity contribution is -0.105. The van der Waals surface area contributed by atoms with Crippen LogP contribution in [0.5, 0.6) is 0 Å². The maximum atomic E-state index is 10.3. The normalized spacial score (nSPS) is 13.5. The summed E-state index contributed by atoms with van der Waals surface area (Å²) in [6, 6.07) is 0. The molecule has 0 aliphatic rings. The van der Waals surface area contributed by atoms with E-state index in [4.69, 9.17) is 0 Å². The smallest absolute Gasteiger partial charge is 0.146 e. The van der Waals surface area contributed by atoms with Crippen molar-refractivity contribution >= 4 is 6.29 Å². The zero-order valence-corrected chi connectivity index (χ0v) is 6.85. The summed E-state index contributed by atoms with van der Waals surface area (Å²) in [5, 5.41) is 0. The average Bonchev–Trinajstić information content (AvgIpc) is 1.99. The standard InChI is InChI=1S/C9H14O/c1-4-8(3)6-9(5-2)7-10/h4,6-7H,5H2,1-3H3/b8-4+,9-6-. The van der Waals surface area contributed by atoms with Gasteiger partial charge in [-0.25, -0.2) is 0 Å². The molecule has 0 aromatic carbocycles. The number of aldehydes is 1. The number of hydrogen-bond donors (Lipinski definition) is 0. The van der Waals surface area contributed by atoms with Gasteiger partial charge in [0, 0.05) is 0 Å². The van der Waals surface area contributed by atoms with Crippen molar-refractivity contribution < 1.29 is 4.79 Å². The summed E-state index contributed by atoms with van der Waals surface area (Å²) >= 11 is 0. The molecule has 0 spiro atoms. The lowest BCUT2D eigenvalue weighted by Gasteiger charge is -1.92. The van der Waals surface area contributed by atoms with Gasteiger partial charge in [-0.1, -0.05) is 24.6 Å². The van der Waals surface area contributed by atoms with Gasteiger partial charge in [0.2, 0.25) is 0 Å². The predicted molar refractivity (Wildman–Crippen MR) is 43.9 cm³/mol.